The fourth-order valence-electron chi connectivity index (χ4n) is 0.744. The van der Waals surface area contributed by atoms with E-state index in [0.717, 1.165) is 0 Å². The molecule has 19 heavy (non-hydrogen) atoms. The van der Waals surface area contributed by atoms with Gasteiger partial charge in [0.15, 0.2) is 0 Å². The van der Waals surface area contributed by atoms with E-state index >= 15 is 0 Å². The number of nitrogens with one attached hydrogen (secondary N) is 2. The topological polar surface area (TPSA) is 160 Å². The zero-order valence-electron chi connectivity index (χ0n) is 10.8. The molecular formula is C9H16N8O2. The Labute approximate surface area is 109 Å². The Morgan fingerprint density at radius 3 is 1.84 bits per heavy atom. The van der Waals surface area contributed by atoms with Gasteiger partial charge in [-0.1, -0.05) is 0 Å². The summed E-state index contributed by atoms with van der Waals surface area (Å²) in [5.41, 5.74) is 11.0. The number of rotatable bonds is 3. The quantitative estimate of drug-likeness (QED) is 0.271. The molecule has 0 saturated heterocycles. The molecular weight excluding hydrogens is 252 g/mol. The molecule has 0 aliphatic heterocycles. The average molecular weight is 268 g/mol. The molecule has 0 fully saturated rings. The molecule has 0 aromatic carbocycles. The van der Waals surface area contributed by atoms with Gasteiger partial charge in [-0.15, -0.1) is 10.2 Å². The normalized spacial score (nSPS) is 13.5. The van der Waals surface area contributed by atoms with Crippen molar-refractivity contribution in [1.29, 1.82) is 0 Å². The van der Waals surface area contributed by atoms with Crippen LogP contribution in [0.3, 0.4) is 0 Å². The monoisotopic (exact) mass is 268 g/mol. The van der Waals surface area contributed by atoms with Gasteiger partial charge in [-0.3, -0.25) is 20.2 Å². The molecule has 0 rings (SSSR count). The molecule has 2 amide bonds. The molecule has 0 saturated carbocycles. The lowest BCUT2D eigenvalue weighted by molar-refractivity contribution is -0.118. The summed E-state index contributed by atoms with van der Waals surface area (Å²) in [5.74, 6) is -0.982. The minimum absolute atomic E-state index is 0.137. The van der Waals surface area contributed by atoms with E-state index in [2.05, 4.69) is 31.0 Å². The molecule has 0 bridgehead atoms. The van der Waals surface area contributed by atoms with Crippen LogP contribution in [-0.2, 0) is 9.59 Å². The van der Waals surface area contributed by atoms with E-state index in [4.69, 9.17) is 11.5 Å². The van der Waals surface area contributed by atoms with Crippen molar-refractivity contribution in [2.24, 2.45) is 31.9 Å². The van der Waals surface area contributed by atoms with E-state index in [0.29, 0.717) is 5.71 Å². The number of nitrogens with two attached hydrogens (primary N) is 2. The standard InChI is InChI=1S/C9H16N8O2/c1-5(15-17-9(11)14-7(3)19)4-12-16-8(10)13-6(2)18/h4H,1-3H3,(H3,10,13,16,18)(H3,11,14,17,19)/b12-4+,15-5-. The highest BCUT2D eigenvalue weighted by molar-refractivity contribution is 6.29. The molecule has 0 spiro atoms. The summed E-state index contributed by atoms with van der Waals surface area (Å²) in [6, 6.07) is 0. The predicted molar refractivity (Wildman–Crippen MR) is 72.5 cm³/mol. The van der Waals surface area contributed by atoms with E-state index in [1.165, 1.54) is 20.1 Å². The van der Waals surface area contributed by atoms with Gasteiger partial charge in [0.2, 0.25) is 23.7 Å². The predicted octanol–water partition coefficient (Wildman–Crippen LogP) is -1.75. The first kappa shape index (κ1) is 16.2. The largest absolute Gasteiger partial charge is 0.368 e. The lowest BCUT2D eigenvalue weighted by atomic mass is 10.5. The highest BCUT2D eigenvalue weighted by atomic mass is 16.2. The molecule has 10 nitrogen and oxygen atoms in total. The molecule has 6 N–H and O–H groups in total. The maximum atomic E-state index is 10.6. The van der Waals surface area contributed by atoms with Crippen LogP contribution < -0.4 is 22.1 Å². The fourth-order valence-corrected chi connectivity index (χ4v) is 0.744. The van der Waals surface area contributed by atoms with Crippen molar-refractivity contribution in [3.05, 3.63) is 0 Å². The number of amides is 2. The first-order valence-corrected chi connectivity index (χ1v) is 5.10. The summed E-state index contributed by atoms with van der Waals surface area (Å²) in [5, 5.41) is 18.7. The van der Waals surface area contributed by atoms with Gasteiger partial charge in [0, 0.05) is 13.8 Å². The second-order valence-electron chi connectivity index (χ2n) is 3.32. The zero-order valence-corrected chi connectivity index (χ0v) is 10.8. The van der Waals surface area contributed by atoms with E-state index in [9.17, 15) is 9.59 Å². The van der Waals surface area contributed by atoms with Crippen LogP contribution in [-0.4, -0.2) is 35.7 Å². The van der Waals surface area contributed by atoms with Gasteiger partial charge in [0.05, 0.1) is 11.9 Å². The maximum Gasteiger partial charge on any atom is 0.223 e. The van der Waals surface area contributed by atoms with Gasteiger partial charge in [-0.05, 0) is 6.92 Å². The van der Waals surface area contributed by atoms with E-state index in [-0.39, 0.29) is 23.7 Å². The third-order valence-corrected chi connectivity index (χ3v) is 1.33. The molecule has 0 atom stereocenters. The van der Waals surface area contributed by atoms with Crippen molar-refractivity contribution >= 4 is 35.7 Å². The van der Waals surface area contributed by atoms with Gasteiger partial charge in [-0.2, -0.15) is 10.2 Å². The molecule has 0 heterocycles. The number of hydrogen-bond donors (Lipinski definition) is 4. The van der Waals surface area contributed by atoms with Gasteiger partial charge in [0.1, 0.15) is 0 Å². The van der Waals surface area contributed by atoms with Crippen LogP contribution in [0.1, 0.15) is 20.8 Å². The summed E-state index contributed by atoms with van der Waals surface area (Å²) in [4.78, 5) is 21.2. The maximum absolute atomic E-state index is 10.6. The molecule has 0 aromatic rings. The van der Waals surface area contributed by atoms with Gasteiger partial charge >= 0.3 is 0 Å². The molecule has 10 heteroatoms. The van der Waals surface area contributed by atoms with Gasteiger partial charge in [-0.25, -0.2) is 0 Å². The Hall–Kier alpha value is -2.78. The van der Waals surface area contributed by atoms with Crippen LogP contribution >= 0.6 is 0 Å². The highest BCUT2D eigenvalue weighted by Gasteiger charge is 1.94. The first-order chi connectivity index (χ1) is 8.81. The minimum atomic E-state index is -0.352. The van der Waals surface area contributed by atoms with Crippen LogP contribution in [0.15, 0.2) is 20.4 Å². The van der Waals surface area contributed by atoms with Crippen LogP contribution in [0.2, 0.25) is 0 Å². The molecule has 0 unspecified atom stereocenters. The SMILES string of the molecule is CC(=O)NC(N)=N/N=C(C)\C=N\N=C(N)NC(C)=O. The third-order valence-electron chi connectivity index (χ3n) is 1.33. The summed E-state index contributed by atoms with van der Waals surface area (Å²) in [6.45, 7) is 4.16. The number of carbonyl (C=O) groups is 2. The molecule has 104 valence electrons. The average Bonchev–Trinajstić information content (AvgIpc) is 2.24. The third kappa shape index (κ3) is 10.1. The Bertz CT molecular complexity index is 463. The van der Waals surface area contributed by atoms with Crippen molar-refractivity contribution in [1.82, 2.24) is 10.6 Å². The molecule has 0 aliphatic rings. The molecule has 0 radical (unpaired) electrons. The van der Waals surface area contributed by atoms with Gasteiger partial charge in [0.25, 0.3) is 0 Å². The summed E-state index contributed by atoms with van der Waals surface area (Å²) in [7, 11) is 0. The lowest BCUT2D eigenvalue weighted by Crippen LogP contribution is -2.34. The zero-order chi connectivity index (χ0) is 14.8. The van der Waals surface area contributed by atoms with Gasteiger partial charge < -0.3 is 11.5 Å². The fraction of sp³-hybridized carbons (Fsp3) is 0.333. The van der Waals surface area contributed by atoms with Crippen molar-refractivity contribution in [2.75, 3.05) is 0 Å². The number of hydrogen-bond acceptors (Lipinski definition) is 6. The molecule has 0 aliphatic carbocycles. The second-order valence-corrected chi connectivity index (χ2v) is 3.32. The smallest absolute Gasteiger partial charge is 0.223 e. The van der Waals surface area contributed by atoms with Crippen LogP contribution in [0, 0.1) is 0 Å². The summed E-state index contributed by atoms with van der Waals surface area (Å²) >= 11 is 0. The van der Waals surface area contributed by atoms with E-state index in [1.807, 2.05) is 0 Å². The first-order valence-electron chi connectivity index (χ1n) is 5.10. The number of nitrogens with zero attached hydrogens (tertiary/aromatic N) is 4. The molecule has 0 aromatic heterocycles. The van der Waals surface area contributed by atoms with E-state index in [1.54, 1.807) is 6.92 Å². The Morgan fingerprint density at radius 2 is 1.37 bits per heavy atom. The van der Waals surface area contributed by atoms with Crippen molar-refractivity contribution in [2.45, 2.75) is 20.8 Å². The Kier molecular flexibility index (Phi) is 7.11. The Morgan fingerprint density at radius 1 is 0.895 bits per heavy atom. The number of carbonyl (C=O) groups excluding carboxylic acids is 2. The van der Waals surface area contributed by atoms with Crippen molar-refractivity contribution < 1.29 is 9.59 Å². The minimum Gasteiger partial charge on any atom is -0.368 e. The lowest BCUT2D eigenvalue weighted by Gasteiger charge is -1.96. The van der Waals surface area contributed by atoms with Crippen LogP contribution in [0.25, 0.3) is 0 Å². The summed E-state index contributed by atoms with van der Waals surface area (Å²) < 4.78 is 0. The number of guanidine groups is 2. The Balaban J connectivity index is 4.48. The second kappa shape index (κ2) is 8.33. The van der Waals surface area contributed by atoms with Crippen LogP contribution in [0.4, 0.5) is 0 Å². The van der Waals surface area contributed by atoms with E-state index < -0.39 is 0 Å². The van der Waals surface area contributed by atoms with Crippen molar-refractivity contribution in [3.63, 3.8) is 0 Å². The summed E-state index contributed by atoms with van der Waals surface area (Å²) in [6.07, 6.45) is 1.25. The van der Waals surface area contributed by atoms with Crippen molar-refractivity contribution in [3.8, 4) is 0 Å². The van der Waals surface area contributed by atoms with Crippen LogP contribution in [0.5, 0.6) is 0 Å². The highest BCUT2D eigenvalue weighted by Crippen LogP contribution is 1.79.